The van der Waals surface area contributed by atoms with E-state index in [1.54, 1.807) is 18.1 Å². The van der Waals surface area contributed by atoms with Crippen LogP contribution in [0.1, 0.15) is 37.0 Å². The third-order valence-electron chi connectivity index (χ3n) is 3.46. The predicted octanol–water partition coefficient (Wildman–Crippen LogP) is 3.85. The number of carbonyl (C=O) groups is 1. The van der Waals surface area contributed by atoms with Gasteiger partial charge in [0.2, 0.25) is 0 Å². The van der Waals surface area contributed by atoms with E-state index in [1.165, 1.54) is 6.07 Å². The first kappa shape index (κ1) is 18.1. The molecule has 1 rings (SSSR count). The lowest BCUT2D eigenvalue weighted by Crippen LogP contribution is -2.42. The number of halogens is 2. The van der Waals surface area contributed by atoms with Crippen LogP contribution >= 0.6 is 23.2 Å². The minimum atomic E-state index is -0.167. The monoisotopic (exact) mass is 332 g/mol. The molecule has 1 aromatic rings. The molecule has 0 bridgehead atoms. The number of nitrogen functional groups attached to an aromatic ring is 1. The van der Waals surface area contributed by atoms with E-state index in [0.717, 1.165) is 12.8 Å². The van der Waals surface area contributed by atoms with E-state index in [9.17, 15) is 4.79 Å². The Balaban J connectivity index is 3.15. The van der Waals surface area contributed by atoms with Gasteiger partial charge in [0.05, 0.1) is 22.2 Å². The maximum Gasteiger partial charge on any atom is 0.255 e. The molecule has 0 heterocycles. The summed E-state index contributed by atoms with van der Waals surface area (Å²) in [7, 11) is 1.61. The number of methoxy groups -OCH3 is 1. The number of hydrogen-bond acceptors (Lipinski definition) is 3. The van der Waals surface area contributed by atoms with E-state index in [2.05, 4.69) is 13.8 Å². The van der Waals surface area contributed by atoms with Gasteiger partial charge in [0.15, 0.2) is 0 Å². The smallest absolute Gasteiger partial charge is 0.255 e. The highest BCUT2D eigenvalue weighted by molar-refractivity contribution is 6.44. The van der Waals surface area contributed by atoms with E-state index >= 15 is 0 Å². The average molecular weight is 333 g/mol. The van der Waals surface area contributed by atoms with Crippen molar-refractivity contribution in [1.29, 1.82) is 0 Å². The second-order valence-electron chi connectivity index (χ2n) is 4.83. The summed E-state index contributed by atoms with van der Waals surface area (Å²) in [5.74, 6) is -0.167. The molecule has 2 N–H and O–H groups in total. The van der Waals surface area contributed by atoms with Crippen LogP contribution in [0.15, 0.2) is 12.1 Å². The standard InChI is InChI=1S/C15H22Cl2N2O2/c1-4-11(5-2)19(6-7-21-3)15(20)12-8-10(18)9-13(16)14(12)17/h8-9,11H,4-7,18H2,1-3H3. The van der Waals surface area contributed by atoms with E-state index < -0.39 is 0 Å². The lowest BCUT2D eigenvalue weighted by atomic mass is 10.1. The van der Waals surface area contributed by atoms with Gasteiger partial charge in [-0.2, -0.15) is 0 Å². The molecular weight excluding hydrogens is 311 g/mol. The van der Waals surface area contributed by atoms with E-state index in [1.807, 2.05) is 0 Å². The fraction of sp³-hybridized carbons (Fsp3) is 0.533. The summed E-state index contributed by atoms with van der Waals surface area (Å²) in [6, 6.07) is 3.24. The van der Waals surface area contributed by atoms with Crippen molar-refractivity contribution >= 4 is 34.8 Å². The SMILES string of the molecule is CCC(CC)N(CCOC)C(=O)c1cc(N)cc(Cl)c1Cl. The molecule has 0 aromatic heterocycles. The zero-order valence-corrected chi connectivity index (χ0v) is 14.2. The minimum Gasteiger partial charge on any atom is -0.399 e. The molecule has 0 unspecified atom stereocenters. The molecule has 0 fully saturated rings. The Morgan fingerprint density at radius 2 is 1.95 bits per heavy atom. The summed E-state index contributed by atoms with van der Waals surface area (Å²) >= 11 is 12.2. The van der Waals surface area contributed by atoms with Crippen molar-refractivity contribution in [3.05, 3.63) is 27.7 Å². The molecule has 0 radical (unpaired) electrons. The third-order valence-corrected chi connectivity index (χ3v) is 4.26. The topological polar surface area (TPSA) is 55.6 Å². The number of hydrogen-bond donors (Lipinski definition) is 1. The molecular formula is C15H22Cl2N2O2. The van der Waals surface area contributed by atoms with Gasteiger partial charge in [0.25, 0.3) is 5.91 Å². The molecule has 0 aliphatic rings. The maximum absolute atomic E-state index is 12.8. The van der Waals surface area contributed by atoms with Crippen LogP contribution in [0.4, 0.5) is 5.69 Å². The van der Waals surface area contributed by atoms with Gasteiger partial charge in [-0.1, -0.05) is 37.0 Å². The van der Waals surface area contributed by atoms with Gasteiger partial charge in [-0.25, -0.2) is 0 Å². The second kappa shape index (κ2) is 8.47. The molecule has 0 spiro atoms. The van der Waals surface area contributed by atoms with Crippen LogP contribution in [0.25, 0.3) is 0 Å². The van der Waals surface area contributed by atoms with Gasteiger partial charge in [0.1, 0.15) is 0 Å². The van der Waals surface area contributed by atoms with Crippen molar-refractivity contribution in [3.8, 4) is 0 Å². The number of anilines is 1. The Bertz CT molecular complexity index is 491. The summed E-state index contributed by atoms with van der Waals surface area (Å²) in [6.07, 6.45) is 1.72. The Hall–Kier alpha value is -0.970. The highest BCUT2D eigenvalue weighted by Gasteiger charge is 2.25. The van der Waals surface area contributed by atoms with Crippen LogP contribution in [0.2, 0.25) is 10.0 Å². The quantitative estimate of drug-likeness (QED) is 0.771. The van der Waals surface area contributed by atoms with Gasteiger partial charge in [-0.15, -0.1) is 0 Å². The van der Waals surface area contributed by atoms with Crippen LogP contribution in [-0.2, 0) is 4.74 Å². The van der Waals surface area contributed by atoms with Crippen LogP contribution in [-0.4, -0.2) is 37.1 Å². The molecule has 118 valence electrons. The molecule has 0 aliphatic heterocycles. The summed E-state index contributed by atoms with van der Waals surface area (Å²) in [6.45, 7) is 5.07. The van der Waals surface area contributed by atoms with Crippen molar-refractivity contribution in [1.82, 2.24) is 4.90 Å². The van der Waals surface area contributed by atoms with Crippen molar-refractivity contribution < 1.29 is 9.53 Å². The molecule has 1 amide bonds. The van der Waals surface area contributed by atoms with Crippen molar-refractivity contribution in [3.63, 3.8) is 0 Å². The number of nitrogens with zero attached hydrogens (tertiary/aromatic N) is 1. The summed E-state index contributed by atoms with van der Waals surface area (Å²) in [5.41, 5.74) is 6.53. The first-order valence-corrected chi connectivity index (χ1v) is 7.76. The molecule has 0 saturated carbocycles. The van der Waals surface area contributed by atoms with E-state index in [4.69, 9.17) is 33.7 Å². The molecule has 0 atom stereocenters. The highest BCUT2D eigenvalue weighted by atomic mass is 35.5. The third kappa shape index (κ3) is 4.50. The average Bonchev–Trinajstić information content (AvgIpc) is 2.46. The minimum absolute atomic E-state index is 0.129. The summed E-state index contributed by atoms with van der Waals surface area (Å²) in [5, 5.41) is 0.528. The molecule has 1 aromatic carbocycles. The zero-order valence-electron chi connectivity index (χ0n) is 12.7. The van der Waals surface area contributed by atoms with E-state index in [0.29, 0.717) is 24.4 Å². The molecule has 4 nitrogen and oxygen atoms in total. The van der Waals surface area contributed by atoms with Gasteiger partial charge >= 0.3 is 0 Å². The van der Waals surface area contributed by atoms with Crippen LogP contribution in [0, 0.1) is 0 Å². The number of ether oxygens (including phenoxy) is 1. The van der Waals surface area contributed by atoms with Gasteiger partial charge in [0, 0.05) is 25.4 Å². The Kier molecular flexibility index (Phi) is 7.29. The lowest BCUT2D eigenvalue weighted by molar-refractivity contribution is 0.0589. The van der Waals surface area contributed by atoms with E-state index in [-0.39, 0.29) is 22.0 Å². The van der Waals surface area contributed by atoms with Gasteiger partial charge in [-0.05, 0) is 25.0 Å². The number of carbonyl (C=O) groups excluding carboxylic acids is 1. The fourth-order valence-corrected chi connectivity index (χ4v) is 2.71. The van der Waals surface area contributed by atoms with Crippen molar-refractivity contribution in [2.45, 2.75) is 32.7 Å². The molecule has 21 heavy (non-hydrogen) atoms. The molecule has 0 aliphatic carbocycles. The normalized spacial score (nSPS) is 11.0. The first-order chi connectivity index (χ1) is 9.96. The van der Waals surface area contributed by atoms with Crippen LogP contribution < -0.4 is 5.73 Å². The van der Waals surface area contributed by atoms with Gasteiger partial charge < -0.3 is 15.4 Å². The van der Waals surface area contributed by atoms with Gasteiger partial charge in [-0.3, -0.25) is 4.79 Å². The highest BCUT2D eigenvalue weighted by Crippen LogP contribution is 2.30. The fourth-order valence-electron chi connectivity index (χ4n) is 2.29. The number of amides is 1. The van der Waals surface area contributed by atoms with Crippen molar-refractivity contribution in [2.24, 2.45) is 0 Å². The largest absolute Gasteiger partial charge is 0.399 e. The molecule has 0 saturated heterocycles. The maximum atomic E-state index is 12.8. The van der Waals surface area contributed by atoms with Crippen LogP contribution in [0.3, 0.4) is 0 Å². The lowest BCUT2D eigenvalue weighted by Gasteiger charge is -2.31. The summed E-state index contributed by atoms with van der Waals surface area (Å²) < 4.78 is 5.10. The number of benzene rings is 1. The molecule has 6 heteroatoms. The predicted molar refractivity (Wildman–Crippen MR) is 88.2 cm³/mol. The Morgan fingerprint density at radius 3 is 2.48 bits per heavy atom. The Labute approximate surface area is 136 Å². The Morgan fingerprint density at radius 1 is 1.33 bits per heavy atom. The number of nitrogens with two attached hydrogens (primary N) is 1. The first-order valence-electron chi connectivity index (χ1n) is 7.00. The summed E-state index contributed by atoms with van der Waals surface area (Å²) in [4.78, 5) is 14.6. The second-order valence-corrected chi connectivity index (χ2v) is 5.61. The van der Waals surface area contributed by atoms with Crippen molar-refractivity contribution in [2.75, 3.05) is 26.0 Å². The zero-order chi connectivity index (χ0) is 16.0. The number of rotatable bonds is 7. The van der Waals surface area contributed by atoms with Crippen LogP contribution in [0.5, 0.6) is 0 Å².